The molecule has 2 aromatic rings. The summed E-state index contributed by atoms with van der Waals surface area (Å²) in [5, 5.41) is 2.91. The molecule has 2 unspecified atom stereocenters. The van der Waals surface area contributed by atoms with Gasteiger partial charge >= 0.3 is 0 Å². The van der Waals surface area contributed by atoms with Gasteiger partial charge in [0.2, 0.25) is 5.91 Å². The van der Waals surface area contributed by atoms with Gasteiger partial charge in [0, 0.05) is 48.9 Å². The number of hydrogen-bond acceptors (Lipinski definition) is 3. The summed E-state index contributed by atoms with van der Waals surface area (Å²) >= 11 is 0. The Hall–Kier alpha value is -3.15. The number of nitrogens with zero attached hydrogens (tertiary/aromatic N) is 2. The molecule has 6 nitrogen and oxygen atoms in total. The van der Waals surface area contributed by atoms with Crippen molar-refractivity contribution in [3.05, 3.63) is 65.2 Å². The predicted molar refractivity (Wildman–Crippen MR) is 120 cm³/mol. The van der Waals surface area contributed by atoms with Crippen LogP contribution in [0.25, 0.3) is 0 Å². The Labute approximate surface area is 183 Å². The lowest BCUT2D eigenvalue weighted by Gasteiger charge is -2.35. The van der Waals surface area contributed by atoms with E-state index in [1.165, 1.54) is 5.56 Å². The Balaban J connectivity index is 1.30. The van der Waals surface area contributed by atoms with Crippen LogP contribution in [0.3, 0.4) is 0 Å². The second-order valence-electron chi connectivity index (χ2n) is 8.52. The lowest BCUT2D eigenvalue weighted by molar-refractivity contribution is -0.117. The summed E-state index contributed by atoms with van der Waals surface area (Å²) in [6.07, 6.45) is 1.89. The molecule has 1 heterocycles. The van der Waals surface area contributed by atoms with Crippen molar-refractivity contribution < 1.29 is 14.4 Å². The SMILES string of the molecule is CCc1ccc(C(=O)N2CCN(C(=O)c3ccc(NC(=O)C4CC4C)cc3)CC2)cc1. The van der Waals surface area contributed by atoms with Gasteiger partial charge in [0.15, 0.2) is 0 Å². The van der Waals surface area contributed by atoms with Crippen molar-refractivity contribution in [1.82, 2.24) is 9.80 Å². The topological polar surface area (TPSA) is 69.7 Å². The van der Waals surface area contributed by atoms with Gasteiger partial charge in [-0.2, -0.15) is 0 Å². The van der Waals surface area contributed by atoms with Gasteiger partial charge in [0.1, 0.15) is 0 Å². The monoisotopic (exact) mass is 419 g/mol. The number of anilines is 1. The van der Waals surface area contributed by atoms with Crippen molar-refractivity contribution in [2.24, 2.45) is 11.8 Å². The van der Waals surface area contributed by atoms with Crippen molar-refractivity contribution in [3.8, 4) is 0 Å². The lowest BCUT2D eigenvalue weighted by atomic mass is 10.1. The van der Waals surface area contributed by atoms with E-state index in [9.17, 15) is 14.4 Å². The van der Waals surface area contributed by atoms with Crippen LogP contribution in [0.4, 0.5) is 5.69 Å². The summed E-state index contributed by atoms with van der Waals surface area (Å²) in [4.78, 5) is 41.2. The number of rotatable bonds is 5. The summed E-state index contributed by atoms with van der Waals surface area (Å²) in [6, 6.07) is 14.8. The second kappa shape index (κ2) is 8.92. The molecule has 4 rings (SSSR count). The molecule has 1 N–H and O–H groups in total. The van der Waals surface area contributed by atoms with Gasteiger partial charge in [-0.25, -0.2) is 0 Å². The van der Waals surface area contributed by atoms with Crippen molar-refractivity contribution in [1.29, 1.82) is 0 Å². The normalized spacial score (nSPS) is 20.3. The second-order valence-corrected chi connectivity index (χ2v) is 8.52. The summed E-state index contributed by atoms with van der Waals surface area (Å²) in [7, 11) is 0. The molecule has 162 valence electrons. The number of carbonyl (C=O) groups excluding carboxylic acids is 3. The van der Waals surface area contributed by atoms with Crippen LogP contribution in [0.5, 0.6) is 0 Å². The first kappa shape index (κ1) is 21.1. The number of piperazine rings is 1. The molecule has 1 saturated carbocycles. The zero-order valence-electron chi connectivity index (χ0n) is 18.1. The highest BCUT2D eigenvalue weighted by Gasteiger charge is 2.39. The van der Waals surface area contributed by atoms with E-state index in [-0.39, 0.29) is 23.6 Å². The average Bonchev–Trinajstić information content (AvgIpc) is 3.55. The number of benzene rings is 2. The third-order valence-electron chi connectivity index (χ3n) is 6.31. The van der Waals surface area contributed by atoms with Crippen LogP contribution in [0.2, 0.25) is 0 Å². The highest BCUT2D eigenvalue weighted by Crippen LogP contribution is 2.38. The minimum Gasteiger partial charge on any atom is -0.335 e. The molecule has 0 radical (unpaired) electrons. The van der Waals surface area contributed by atoms with E-state index in [1.807, 2.05) is 29.2 Å². The number of amides is 3. The molecule has 2 aliphatic rings. The van der Waals surface area contributed by atoms with Crippen LogP contribution < -0.4 is 5.32 Å². The Morgan fingerprint density at radius 3 is 1.71 bits per heavy atom. The average molecular weight is 420 g/mol. The first-order valence-electron chi connectivity index (χ1n) is 11.0. The van der Waals surface area contributed by atoms with Crippen molar-refractivity contribution in [3.63, 3.8) is 0 Å². The maximum Gasteiger partial charge on any atom is 0.253 e. The van der Waals surface area contributed by atoms with Gasteiger partial charge in [0.25, 0.3) is 11.8 Å². The molecule has 0 aromatic heterocycles. The Kier molecular flexibility index (Phi) is 6.07. The van der Waals surface area contributed by atoms with Crippen LogP contribution in [0.15, 0.2) is 48.5 Å². The fourth-order valence-electron chi connectivity index (χ4n) is 3.98. The molecule has 6 heteroatoms. The highest BCUT2D eigenvalue weighted by molar-refractivity contribution is 5.97. The molecule has 2 aromatic carbocycles. The molecule has 1 aliphatic carbocycles. The van der Waals surface area contributed by atoms with Crippen LogP contribution in [0.1, 0.15) is 46.5 Å². The molecule has 2 fully saturated rings. The Morgan fingerprint density at radius 1 is 0.839 bits per heavy atom. The fourth-order valence-corrected chi connectivity index (χ4v) is 3.98. The largest absolute Gasteiger partial charge is 0.335 e. The van der Waals surface area contributed by atoms with Gasteiger partial charge in [-0.1, -0.05) is 26.0 Å². The van der Waals surface area contributed by atoms with Crippen molar-refractivity contribution in [2.75, 3.05) is 31.5 Å². The van der Waals surface area contributed by atoms with E-state index in [4.69, 9.17) is 0 Å². The Bertz CT molecular complexity index is 961. The minimum absolute atomic E-state index is 0.0137. The third kappa shape index (κ3) is 4.79. The molecule has 1 aliphatic heterocycles. The quantitative estimate of drug-likeness (QED) is 0.807. The lowest BCUT2D eigenvalue weighted by Crippen LogP contribution is -2.50. The molecule has 2 atom stereocenters. The standard InChI is InChI=1S/C25H29N3O3/c1-3-18-4-6-19(7-5-18)24(30)27-12-14-28(15-13-27)25(31)20-8-10-21(11-9-20)26-23(29)22-16-17(22)2/h4-11,17,22H,3,12-16H2,1-2H3,(H,26,29). The van der Waals surface area contributed by atoms with E-state index in [2.05, 4.69) is 19.2 Å². The molecule has 3 amide bonds. The van der Waals surface area contributed by atoms with Gasteiger partial charge in [-0.15, -0.1) is 0 Å². The minimum atomic E-state index is -0.0481. The summed E-state index contributed by atoms with van der Waals surface area (Å²) < 4.78 is 0. The molecule has 1 saturated heterocycles. The summed E-state index contributed by atoms with van der Waals surface area (Å²) in [5.41, 5.74) is 3.20. The van der Waals surface area contributed by atoms with Gasteiger partial charge in [-0.05, 0) is 60.7 Å². The maximum absolute atomic E-state index is 12.8. The molecule has 0 spiro atoms. The number of hydrogen-bond donors (Lipinski definition) is 1. The maximum atomic E-state index is 12.8. The van der Waals surface area contributed by atoms with E-state index < -0.39 is 0 Å². The molecule has 31 heavy (non-hydrogen) atoms. The van der Waals surface area contributed by atoms with Crippen LogP contribution in [0, 0.1) is 11.8 Å². The van der Waals surface area contributed by atoms with E-state index in [0.29, 0.717) is 48.9 Å². The first-order valence-corrected chi connectivity index (χ1v) is 11.0. The molecular weight excluding hydrogens is 390 g/mol. The van der Waals surface area contributed by atoms with E-state index >= 15 is 0 Å². The molecule has 0 bridgehead atoms. The number of nitrogens with one attached hydrogen (secondary N) is 1. The predicted octanol–water partition coefficient (Wildman–Crippen LogP) is 3.44. The molecular formula is C25H29N3O3. The summed E-state index contributed by atoms with van der Waals surface area (Å²) in [6.45, 7) is 6.22. The first-order chi connectivity index (χ1) is 15.0. The van der Waals surface area contributed by atoms with Gasteiger partial charge in [0.05, 0.1) is 0 Å². The fraction of sp³-hybridized carbons (Fsp3) is 0.400. The van der Waals surface area contributed by atoms with Crippen LogP contribution in [-0.4, -0.2) is 53.7 Å². The van der Waals surface area contributed by atoms with Crippen LogP contribution >= 0.6 is 0 Å². The highest BCUT2D eigenvalue weighted by atomic mass is 16.2. The number of carbonyl (C=O) groups is 3. The van der Waals surface area contributed by atoms with E-state index in [1.54, 1.807) is 29.2 Å². The van der Waals surface area contributed by atoms with Gasteiger partial charge in [-0.3, -0.25) is 14.4 Å². The van der Waals surface area contributed by atoms with Crippen molar-refractivity contribution in [2.45, 2.75) is 26.7 Å². The zero-order chi connectivity index (χ0) is 22.0. The number of aryl methyl sites for hydroxylation is 1. The summed E-state index contributed by atoms with van der Waals surface area (Å²) in [5.74, 6) is 0.594. The van der Waals surface area contributed by atoms with Crippen LogP contribution in [-0.2, 0) is 11.2 Å². The van der Waals surface area contributed by atoms with Gasteiger partial charge < -0.3 is 15.1 Å². The zero-order valence-corrected chi connectivity index (χ0v) is 18.1. The third-order valence-corrected chi connectivity index (χ3v) is 6.31. The van der Waals surface area contributed by atoms with E-state index in [0.717, 1.165) is 12.8 Å². The Morgan fingerprint density at radius 2 is 1.29 bits per heavy atom. The smallest absolute Gasteiger partial charge is 0.253 e. The van der Waals surface area contributed by atoms with Crippen molar-refractivity contribution >= 4 is 23.4 Å².